The number of piperazine rings is 1. The van der Waals surface area contributed by atoms with Crippen LogP contribution in [0.1, 0.15) is 37.7 Å². The Hall–Kier alpha value is -4.11. The minimum absolute atomic E-state index is 0.0443. The first-order valence-electron chi connectivity index (χ1n) is 14.0. The van der Waals surface area contributed by atoms with Crippen molar-refractivity contribution in [2.24, 2.45) is 11.8 Å². The first-order chi connectivity index (χ1) is 20.0. The summed E-state index contributed by atoms with van der Waals surface area (Å²) in [5.74, 6) is 1.10. The number of aromatic nitrogens is 5. The number of nitrogens with one attached hydrogen (secondary N) is 1. The number of benzene rings is 1. The van der Waals surface area contributed by atoms with Crippen molar-refractivity contribution in [1.82, 2.24) is 34.5 Å². The van der Waals surface area contributed by atoms with Gasteiger partial charge in [-0.15, -0.1) is 0 Å². The van der Waals surface area contributed by atoms with E-state index in [4.69, 9.17) is 4.98 Å². The van der Waals surface area contributed by atoms with Crippen molar-refractivity contribution in [2.45, 2.75) is 38.1 Å². The molecule has 41 heavy (non-hydrogen) atoms. The fraction of sp³-hybridized carbons (Fsp3) is 0.414. The number of anilines is 1. The van der Waals surface area contributed by atoms with Gasteiger partial charge in [0, 0.05) is 61.8 Å². The van der Waals surface area contributed by atoms with E-state index in [9.17, 15) is 14.9 Å². The summed E-state index contributed by atoms with van der Waals surface area (Å²) in [6.07, 6.45) is 7.80. The third kappa shape index (κ3) is 4.88. The van der Waals surface area contributed by atoms with Crippen LogP contribution < -0.4 is 5.32 Å². The van der Waals surface area contributed by atoms with Crippen LogP contribution in [-0.2, 0) is 9.59 Å². The van der Waals surface area contributed by atoms with Crippen molar-refractivity contribution in [3.05, 3.63) is 46.8 Å². The molecule has 1 aliphatic heterocycles. The first kappa shape index (κ1) is 25.8. The highest BCUT2D eigenvalue weighted by Gasteiger charge is 2.37. The predicted octanol–water partition coefficient (Wildman–Crippen LogP) is 3.66. The normalized spacial score (nSPS) is 20.9. The van der Waals surface area contributed by atoms with Gasteiger partial charge in [-0.2, -0.15) is 15.3 Å². The molecule has 1 N–H and O–H groups in total. The van der Waals surface area contributed by atoms with Crippen LogP contribution in [0.5, 0.6) is 0 Å². The maximum atomic E-state index is 13.3. The van der Waals surface area contributed by atoms with Gasteiger partial charge in [0.15, 0.2) is 5.65 Å². The van der Waals surface area contributed by atoms with Crippen LogP contribution in [-0.4, -0.2) is 78.6 Å². The van der Waals surface area contributed by atoms with E-state index in [0.717, 1.165) is 36.5 Å². The van der Waals surface area contributed by atoms with Crippen molar-refractivity contribution in [3.63, 3.8) is 0 Å². The molecule has 7 rings (SSSR count). The number of nitriles is 1. The highest BCUT2D eigenvalue weighted by Crippen LogP contribution is 2.33. The van der Waals surface area contributed by atoms with Crippen molar-refractivity contribution in [3.8, 4) is 11.8 Å². The van der Waals surface area contributed by atoms with Gasteiger partial charge < -0.3 is 15.1 Å². The lowest BCUT2D eigenvalue weighted by Crippen LogP contribution is -2.52. The second kappa shape index (κ2) is 10.4. The average Bonchev–Trinajstić information content (AvgIpc) is 3.67. The minimum atomic E-state index is -0.0443. The Morgan fingerprint density at radius 3 is 2.46 bits per heavy atom. The van der Waals surface area contributed by atoms with Crippen LogP contribution in [0.25, 0.3) is 27.6 Å². The van der Waals surface area contributed by atoms with E-state index < -0.39 is 0 Å². The Bertz CT molecular complexity index is 1720. The van der Waals surface area contributed by atoms with Gasteiger partial charge in [0.25, 0.3) is 0 Å². The van der Waals surface area contributed by atoms with Gasteiger partial charge in [-0.05, 0) is 66.2 Å². The molecule has 4 heterocycles. The van der Waals surface area contributed by atoms with E-state index in [1.807, 2.05) is 28.0 Å². The third-order valence-corrected chi connectivity index (χ3v) is 8.96. The number of pyridine rings is 1. The Balaban J connectivity index is 1.06. The Morgan fingerprint density at radius 1 is 1.00 bits per heavy atom. The molecule has 0 unspecified atom stereocenters. The predicted molar refractivity (Wildman–Crippen MR) is 155 cm³/mol. The molecule has 3 aliphatic rings. The van der Waals surface area contributed by atoms with Gasteiger partial charge in [0.2, 0.25) is 17.8 Å². The molecule has 3 aromatic heterocycles. The van der Waals surface area contributed by atoms with E-state index in [-0.39, 0.29) is 29.7 Å². The van der Waals surface area contributed by atoms with Gasteiger partial charge in [-0.3, -0.25) is 14.6 Å². The monoisotopic (exact) mass is 613 g/mol. The van der Waals surface area contributed by atoms with Crippen LogP contribution in [0.3, 0.4) is 0 Å². The zero-order valence-corrected chi connectivity index (χ0v) is 23.9. The van der Waals surface area contributed by atoms with E-state index in [0.29, 0.717) is 65.6 Å². The van der Waals surface area contributed by atoms with Gasteiger partial charge in [0.1, 0.15) is 10.7 Å². The van der Waals surface area contributed by atoms with Crippen LogP contribution in [0.15, 0.2) is 41.3 Å². The molecule has 11 nitrogen and oxygen atoms in total. The Labute approximate surface area is 244 Å². The summed E-state index contributed by atoms with van der Waals surface area (Å²) < 4.78 is 2.31. The second-order valence-corrected chi connectivity index (χ2v) is 11.8. The third-order valence-electron chi connectivity index (χ3n) is 8.38. The lowest BCUT2D eigenvalue weighted by Gasteiger charge is -2.36. The Morgan fingerprint density at radius 2 is 1.73 bits per heavy atom. The molecule has 2 amide bonds. The molecule has 4 aromatic rings. The fourth-order valence-corrected chi connectivity index (χ4v) is 6.45. The molecule has 1 aromatic carbocycles. The van der Waals surface area contributed by atoms with Crippen LogP contribution in [0.4, 0.5) is 5.95 Å². The Kier molecular flexibility index (Phi) is 6.54. The van der Waals surface area contributed by atoms with Gasteiger partial charge >= 0.3 is 0 Å². The lowest BCUT2D eigenvalue weighted by atomic mass is 10.1. The summed E-state index contributed by atoms with van der Waals surface area (Å²) in [6, 6.07) is 9.77. The van der Waals surface area contributed by atoms with E-state index in [2.05, 4.69) is 42.4 Å². The zero-order valence-electron chi connectivity index (χ0n) is 22.3. The number of amides is 2. The molecular formula is C29H28BrN9O2. The second-order valence-electron chi connectivity index (χ2n) is 11.1. The van der Waals surface area contributed by atoms with Gasteiger partial charge in [-0.1, -0.05) is 6.07 Å². The summed E-state index contributed by atoms with van der Waals surface area (Å²) >= 11 is 3.52. The number of carbonyl (C=O) groups excluding carboxylic acids is 2. The van der Waals surface area contributed by atoms with Crippen LogP contribution in [0, 0.1) is 23.2 Å². The van der Waals surface area contributed by atoms with Gasteiger partial charge in [0.05, 0.1) is 22.2 Å². The number of hydrogen-bond acceptors (Lipinski definition) is 8. The summed E-state index contributed by atoms with van der Waals surface area (Å²) in [6.45, 7) is 2.50. The van der Waals surface area contributed by atoms with Crippen LogP contribution in [0.2, 0.25) is 0 Å². The number of rotatable bonds is 5. The molecule has 0 spiro atoms. The molecule has 2 atom stereocenters. The molecular weight excluding hydrogens is 586 g/mol. The maximum absolute atomic E-state index is 13.3. The molecule has 0 bridgehead atoms. The fourth-order valence-electron chi connectivity index (χ4n) is 6.02. The van der Waals surface area contributed by atoms with Crippen molar-refractivity contribution >= 4 is 55.6 Å². The quantitative estimate of drug-likeness (QED) is 0.360. The average molecular weight is 615 g/mol. The van der Waals surface area contributed by atoms with Gasteiger partial charge in [-0.25, -0.2) is 9.67 Å². The topological polar surface area (TPSA) is 133 Å². The molecule has 2 saturated carbocycles. The number of halogens is 1. The number of hydrogen-bond donors (Lipinski definition) is 1. The number of carbonyl (C=O) groups is 2. The summed E-state index contributed by atoms with van der Waals surface area (Å²) in [7, 11) is 0. The van der Waals surface area contributed by atoms with Crippen molar-refractivity contribution < 1.29 is 9.59 Å². The highest BCUT2D eigenvalue weighted by molar-refractivity contribution is 9.10. The maximum Gasteiger partial charge on any atom is 0.225 e. The standard InChI is InChI=1S/C29H28BrN9O2/c30-25-23-16-33-29(35-26(23)39(36-25)22-13-18-2-1-7-32-24(18)20(14-22)15-31)34-21-6-5-19(12-21)28(41)38-10-8-37(9-11-38)27(40)17-3-4-17/h1-2,7,13-14,16-17,19,21H,3-6,8-12H2,(H,33,34,35)/t19-,21-/m1/s1. The van der Waals surface area contributed by atoms with Crippen LogP contribution >= 0.6 is 15.9 Å². The molecule has 0 radical (unpaired) electrons. The molecule has 2 aliphatic carbocycles. The number of nitrogens with zero attached hydrogens (tertiary/aromatic N) is 8. The van der Waals surface area contributed by atoms with E-state index >= 15 is 0 Å². The summed E-state index contributed by atoms with van der Waals surface area (Å²) in [5.41, 5.74) is 2.41. The first-order valence-corrected chi connectivity index (χ1v) is 14.8. The molecule has 1 saturated heterocycles. The number of fused-ring (bicyclic) bond motifs is 2. The highest BCUT2D eigenvalue weighted by atomic mass is 79.9. The van der Waals surface area contributed by atoms with Crippen molar-refractivity contribution in [1.29, 1.82) is 5.26 Å². The lowest BCUT2D eigenvalue weighted by molar-refractivity contribution is -0.142. The van der Waals surface area contributed by atoms with Crippen molar-refractivity contribution in [2.75, 3.05) is 31.5 Å². The minimum Gasteiger partial charge on any atom is -0.351 e. The van der Waals surface area contributed by atoms with E-state index in [1.54, 1.807) is 23.1 Å². The molecule has 208 valence electrons. The summed E-state index contributed by atoms with van der Waals surface area (Å²) in [5, 5.41) is 19.4. The SMILES string of the molecule is N#Cc1cc(-n2nc(Br)c3cnc(N[C@@H]4CC[C@@H](C(=O)N5CCN(C(=O)C6CC6)CC5)C4)nc32)cc2cccnc12. The zero-order chi connectivity index (χ0) is 28.1. The molecule has 3 fully saturated rings. The summed E-state index contributed by atoms with van der Waals surface area (Å²) in [4.78, 5) is 43.1. The molecule has 12 heteroatoms. The largest absolute Gasteiger partial charge is 0.351 e. The smallest absolute Gasteiger partial charge is 0.225 e. The van der Waals surface area contributed by atoms with E-state index in [1.165, 1.54) is 0 Å².